The van der Waals surface area contributed by atoms with E-state index in [4.69, 9.17) is 0 Å². The molecule has 2 atom stereocenters. The molecule has 0 bridgehead atoms. The van der Waals surface area contributed by atoms with Crippen LogP contribution < -0.4 is 0 Å². The van der Waals surface area contributed by atoms with Gasteiger partial charge in [-0.15, -0.1) is 0 Å². The van der Waals surface area contributed by atoms with Crippen molar-refractivity contribution >= 4 is 0 Å². The predicted octanol–water partition coefficient (Wildman–Crippen LogP) is 4.56. The topological polar surface area (TPSA) is 0 Å². The lowest BCUT2D eigenvalue weighted by molar-refractivity contribution is 0.224. The molecule has 0 unspecified atom stereocenters. The highest BCUT2D eigenvalue weighted by Crippen LogP contribution is 2.57. The van der Waals surface area contributed by atoms with Gasteiger partial charge in [0.15, 0.2) is 0 Å². The van der Waals surface area contributed by atoms with Gasteiger partial charge in [-0.25, -0.2) is 0 Å². The van der Waals surface area contributed by atoms with Gasteiger partial charge in [-0.3, -0.25) is 0 Å². The summed E-state index contributed by atoms with van der Waals surface area (Å²) in [5.74, 6) is 2.05. The minimum absolute atomic E-state index is 0.735. The van der Waals surface area contributed by atoms with E-state index in [1.165, 1.54) is 44.9 Å². The molecule has 0 aromatic rings. The number of allylic oxidation sites excluding steroid dienone is 2. The van der Waals surface area contributed by atoms with Gasteiger partial charge in [0.2, 0.25) is 0 Å². The van der Waals surface area contributed by atoms with Crippen molar-refractivity contribution in [2.75, 3.05) is 0 Å². The van der Waals surface area contributed by atoms with Gasteiger partial charge in [-0.2, -0.15) is 0 Å². The van der Waals surface area contributed by atoms with E-state index in [0.717, 1.165) is 17.3 Å². The Labute approximate surface area is 88.8 Å². The molecule has 14 heavy (non-hydrogen) atoms. The molecule has 0 heteroatoms. The standard InChI is InChI=1S/C12H18.C2H6/c1-2-4-11-9-12(7-8-12)6-5-10(11)3-1;1-2/h5-6,10-11H,1-4,7-9H2;1-2H3/t10-,11+;/m1./s1. The SMILES string of the molecule is C1=CC2(CC2)C[C@@H]2CCCC[C@H]12.CC. The van der Waals surface area contributed by atoms with Crippen molar-refractivity contribution < 1.29 is 0 Å². The third-order valence-corrected chi connectivity index (χ3v) is 4.23. The number of hydrogen-bond donors (Lipinski definition) is 0. The minimum Gasteiger partial charge on any atom is -0.0846 e. The van der Waals surface area contributed by atoms with Crippen molar-refractivity contribution in [3.05, 3.63) is 12.2 Å². The van der Waals surface area contributed by atoms with Crippen LogP contribution in [0.2, 0.25) is 0 Å². The third-order valence-electron chi connectivity index (χ3n) is 4.23. The lowest BCUT2D eigenvalue weighted by Crippen LogP contribution is -2.24. The summed E-state index contributed by atoms with van der Waals surface area (Å²) in [5.41, 5.74) is 0.735. The maximum Gasteiger partial charge on any atom is -0.0115 e. The minimum atomic E-state index is 0.735. The fraction of sp³-hybridized carbons (Fsp3) is 0.857. The van der Waals surface area contributed by atoms with Crippen molar-refractivity contribution in [1.82, 2.24) is 0 Å². The largest absolute Gasteiger partial charge is 0.0846 e. The third kappa shape index (κ3) is 1.89. The molecular weight excluding hydrogens is 168 g/mol. The molecule has 2 saturated carbocycles. The molecule has 0 saturated heterocycles. The Balaban J connectivity index is 0.000000354. The number of fused-ring (bicyclic) bond motifs is 1. The van der Waals surface area contributed by atoms with E-state index in [0.29, 0.717) is 0 Å². The Bertz CT molecular complexity index is 210. The van der Waals surface area contributed by atoms with Gasteiger partial charge in [0.05, 0.1) is 0 Å². The second kappa shape index (κ2) is 4.08. The van der Waals surface area contributed by atoms with Crippen molar-refractivity contribution in [2.45, 2.75) is 58.8 Å². The Morgan fingerprint density at radius 3 is 2.50 bits per heavy atom. The lowest BCUT2D eigenvalue weighted by Gasteiger charge is -2.35. The van der Waals surface area contributed by atoms with Crippen LogP contribution in [0.1, 0.15) is 58.8 Å². The molecule has 0 heterocycles. The maximum absolute atomic E-state index is 2.56. The van der Waals surface area contributed by atoms with Gasteiger partial charge in [0.1, 0.15) is 0 Å². The first kappa shape index (κ1) is 10.3. The molecule has 0 aliphatic heterocycles. The zero-order chi connectivity index (χ0) is 10.0. The monoisotopic (exact) mass is 192 g/mol. The van der Waals surface area contributed by atoms with Crippen LogP contribution in [0, 0.1) is 17.3 Å². The Morgan fingerprint density at radius 2 is 1.79 bits per heavy atom. The molecule has 0 N–H and O–H groups in total. The fourth-order valence-corrected chi connectivity index (χ4v) is 3.19. The fourth-order valence-electron chi connectivity index (χ4n) is 3.19. The van der Waals surface area contributed by atoms with Crippen LogP contribution in [-0.4, -0.2) is 0 Å². The van der Waals surface area contributed by atoms with Gasteiger partial charge in [0.25, 0.3) is 0 Å². The summed E-state index contributed by atoms with van der Waals surface area (Å²) in [5, 5.41) is 0. The average molecular weight is 192 g/mol. The van der Waals surface area contributed by atoms with E-state index < -0.39 is 0 Å². The van der Waals surface area contributed by atoms with Crippen molar-refractivity contribution in [3.8, 4) is 0 Å². The van der Waals surface area contributed by atoms with Gasteiger partial charge in [-0.05, 0) is 49.4 Å². The molecule has 3 rings (SSSR count). The van der Waals surface area contributed by atoms with E-state index in [9.17, 15) is 0 Å². The average Bonchev–Trinajstić information content (AvgIpc) is 3.01. The molecule has 0 aromatic heterocycles. The Kier molecular flexibility index (Phi) is 2.99. The maximum atomic E-state index is 2.56. The van der Waals surface area contributed by atoms with Crippen LogP contribution in [0.5, 0.6) is 0 Å². The smallest absolute Gasteiger partial charge is 0.0115 e. The predicted molar refractivity (Wildman–Crippen MR) is 62.2 cm³/mol. The van der Waals surface area contributed by atoms with Crippen LogP contribution in [0.15, 0.2) is 12.2 Å². The second-order valence-electron chi connectivity index (χ2n) is 5.13. The van der Waals surface area contributed by atoms with Crippen LogP contribution in [0.25, 0.3) is 0 Å². The van der Waals surface area contributed by atoms with E-state index in [1.54, 1.807) is 0 Å². The summed E-state index contributed by atoms with van der Waals surface area (Å²) < 4.78 is 0. The van der Waals surface area contributed by atoms with Gasteiger partial charge in [0, 0.05) is 0 Å². The molecule has 0 nitrogen and oxygen atoms in total. The lowest BCUT2D eigenvalue weighted by atomic mass is 9.70. The summed E-state index contributed by atoms with van der Waals surface area (Å²) in [6.45, 7) is 4.00. The molecule has 3 aliphatic rings. The van der Waals surface area contributed by atoms with Gasteiger partial charge >= 0.3 is 0 Å². The van der Waals surface area contributed by atoms with Crippen molar-refractivity contribution in [2.24, 2.45) is 17.3 Å². The van der Waals surface area contributed by atoms with E-state index in [2.05, 4.69) is 12.2 Å². The zero-order valence-corrected chi connectivity index (χ0v) is 9.76. The summed E-state index contributed by atoms with van der Waals surface area (Å²) in [4.78, 5) is 0. The molecule has 0 radical (unpaired) electrons. The number of hydrogen-bond acceptors (Lipinski definition) is 0. The normalized spacial score (nSPS) is 37.0. The van der Waals surface area contributed by atoms with Crippen LogP contribution >= 0.6 is 0 Å². The Hall–Kier alpha value is -0.260. The van der Waals surface area contributed by atoms with Crippen molar-refractivity contribution in [1.29, 1.82) is 0 Å². The summed E-state index contributed by atoms with van der Waals surface area (Å²) >= 11 is 0. The highest BCUT2D eigenvalue weighted by molar-refractivity contribution is 5.16. The number of rotatable bonds is 0. The molecule has 2 fully saturated rings. The molecule has 3 aliphatic carbocycles. The second-order valence-corrected chi connectivity index (χ2v) is 5.13. The summed E-state index contributed by atoms with van der Waals surface area (Å²) in [6, 6.07) is 0. The molecule has 80 valence electrons. The van der Waals surface area contributed by atoms with E-state index in [-0.39, 0.29) is 0 Å². The Morgan fingerprint density at radius 1 is 1.07 bits per heavy atom. The van der Waals surface area contributed by atoms with Crippen molar-refractivity contribution in [3.63, 3.8) is 0 Å². The molecule has 0 aromatic carbocycles. The molecule has 1 spiro atoms. The first-order chi connectivity index (χ1) is 6.88. The highest BCUT2D eigenvalue weighted by Gasteiger charge is 2.45. The summed E-state index contributed by atoms with van der Waals surface area (Å²) in [7, 11) is 0. The van der Waals surface area contributed by atoms with E-state index >= 15 is 0 Å². The van der Waals surface area contributed by atoms with Gasteiger partial charge < -0.3 is 0 Å². The highest BCUT2D eigenvalue weighted by atomic mass is 14.5. The zero-order valence-electron chi connectivity index (χ0n) is 9.76. The molecule has 0 amide bonds. The molecular formula is C14H24. The first-order valence-electron chi connectivity index (χ1n) is 6.57. The van der Waals surface area contributed by atoms with Crippen LogP contribution in [-0.2, 0) is 0 Å². The van der Waals surface area contributed by atoms with E-state index in [1.807, 2.05) is 13.8 Å². The van der Waals surface area contributed by atoms with Gasteiger partial charge in [-0.1, -0.05) is 38.8 Å². The quantitative estimate of drug-likeness (QED) is 0.494. The van der Waals surface area contributed by atoms with Crippen LogP contribution in [0.3, 0.4) is 0 Å². The first-order valence-corrected chi connectivity index (χ1v) is 6.57. The summed E-state index contributed by atoms with van der Waals surface area (Å²) in [6.07, 6.45) is 15.6. The van der Waals surface area contributed by atoms with Crippen LogP contribution in [0.4, 0.5) is 0 Å².